The van der Waals surface area contributed by atoms with Gasteiger partial charge in [0, 0.05) is 6.54 Å². The molecule has 1 heterocycles. The van der Waals surface area contributed by atoms with Gasteiger partial charge in [0.25, 0.3) is 0 Å². The number of rotatable bonds is 7. The summed E-state index contributed by atoms with van der Waals surface area (Å²) in [5, 5.41) is 3.03. The lowest BCUT2D eigenvalue weighted by Gasteiger charge is -2.21. The molecule has 0 radical (unpaired) electrons. The van der Waals surface area contributed by atoms with E-state index in [2.05, 4.69) is 19.2 Å². The van der Waals surface area contributed by atoms with Crippen molar-refractivity contribution in [3.8, 4) is 0 Å². The Kier molecular flexibility index (Phi) is 6.44. The Bertz CT molecular complexity index is 650. The van der Waals surface area contributed by atoms with Crippen LogP contribution in [0.1, 0.15) is 50.2 Å². The summed E-state index contributed by atoms with van der Waals surface area (Å²) >= 11 is 0. The minimum absolute atomic E-state index is 0.0629. The first-order chi connectivity index (χ1) is 11.3. The first kappa shape index (κ1) is 19.0. The summed E-state index contributed by atoms with van der Waals surface area (Å²) in [6.07, 6.45) is 2.48. The summed E-state index contributed by atoms with van der Waals surface area (Å²) < 4.78 is 22.9. The van der Waals surface area contributed by atoms with Crippen molar-refractivity contribution < 1.29 is 13.2 Å². The average molecular weight is 352 g/mol. The molecule has 1 N–H and O–H groups in total. The monoisotopic (exact) mass is 351 g/mol. The number of hydrogen-bond donors (Lipinski definition) is 1. The zero-order valence-corrected chi connectivity index (χ0v) is 15.7. The van der Waals surface area contributed by atoms with Crippen LogP contribution in [0.4, 0.5) is 0 Å². The lowest BCUT2D eigenvalue weighted by atomic mass is 9.87. The Balaban J connectivity index is 1.82. The van der Waals surface area contributed by atoms with Crippen LogP contribution in [0.3, 0.4) is 0 Å². The van der Waals surface area contributed by atoms with Gasteiger partial charge >= 0.3 is 0 Å². The minimum Gasteiger partial charge on any atom is -0.356 e. The zero-order chi connectivity index (χ0) is 17.7. The lowest BCUT2D eigenvalue weighted by Crippen LogP contribution is -2.33. The van der Waals surface area contributed by atoms with Crippen LogP contribution in [-0.2, 0) is 14.6 Å². The number of hydrogen-bond acceptors (Lipinski definition) is 3. The fourth-order valence-corrected chi connectivity index (χ4v) is 5.34. The van der Waals surface area contributed by atoms with Crippen LogP contribution in [0.15, 0.2) is 24.3 Å². The Labute approximate surface area is 146 Å². The molecule has 0 spiro atoms. The Morgan fingerprint density at radius 3 is 2.46 bits per heavy atom. The quantitative estimate of drug-likeness (QED) is 0.768. The van der Waals surface area contributed by atoms with E-state index in [0.717, 1.165) is 24.8 Å². The van der Waals surface area contributed by atoms with Gasteiger partial charge in [-0.15, -0.1) is 0 Å². The summed E-state index contributed by atoms with van der Waals surface area (Å²) in [5.41, 5.74) is 2.24. The predicted octanol–water partition coefficient (Wildman–Crippen LogP) is 3.07. The Hall–Kier alpha value is -1.36. The summed E-state index contributed by atoms with van der Waals surface area (Å²) in [5.74, 6) is 1.06. The Morgan fingerprint density at radius 1 is 1.25 bits per heavy atom. The molecule has 24 heavy (non-hydrogen) atoms. The molecule has 1 aromatic carbocycles. The highest BCUT2D eigenvalue weighted by Crippen LogP contribution is 2.25. The third-order valence-electron chi connectivity index (χ3n) is 4.80. The summed E-state index contributed by atoms with van der Waals surface area (Å²) in [4.78, 5) is 12.6. The highest BCUT2D eigenvalue weighted by atomic mass is 32.2. The second kappa shape index (κ2) is 8.15. The second-order valence-electron chi connectivity index (χ2n) is 7.33. The maximum absolute atomic E-state index is 12.6. The summed E-state index contributed by atoms with van der Waals surface area (Å²) in [6, 6.07) is 8.14. The molecule has 0 aromatic heterocycles. The molecule has 1 fully saturated rings. The molecular weight excluding hydrogens is 322 g/mol. The van der Waals surface area contributed by atoms with Crippen molar-refractivity contribution in [3.05, 3.63) is 35.4 Å². The molecule has 0 saturated carbocycles. The predicted molar refractivity (Wildman–Crippen MR) is 97.8 cm³/mol. The van der Waals surface area contributed by atoms with Gasteiger partial charge in [-0.1, -0.05) is 43.7 Å². The van der Waals surface area contributed by atoms with Crippen molar-refractivity contribution in [2.45, 2.75) is 46.0 Å². The normalized spacial score (nSPS) is 20.9. The van der Waals surface area contributed by atoms with Crippen LogP contribution < -0.4 is 5.32 Å². The summed E-state index contributed by atoms with van der Waals surface area (Å²) in [7, 11) is -2.80. The molecular formula is C19H29NO3S. The van der Waals surface area contributed by atoms with E-state index in [1.807, 2.05) is 31.2 Å². The largest absolute Gasteiger partial charge is 0.356 e. The molecule has 2 atom stereocenters. The van der Waals surface area contributed by atoms with Gasteiger partial charge in [0.2, 0.25) is 5.91 Å². The molecule has 1 saturated heterocycles. The smallest absolute Gasteiger partial charge is 0.227 e. The second-order valence-corrected chi connectivity index (χ2v) is 9.56. The highest BCUT2D eigenvalue weighted by molar-refractivity contribution is 7.91. The number of aryl methyl sites for hydroxylation is 1. The van der Waals surface area contributed by atoms with E-state index in [4.69, 9.17) is 0 Å². The number of carbonyl (C=O) groups excluding carboxylic acids is 1. The standard InChI is InChI=1S/C19H29NO3S/c1-14(2)18(17-8-6-15(3)7-9-17)19(21)20-11-4-5-16-10-12-24(22,23)13-16/h6-9,14,16,18H,4-5,10-13H2,1-3H3,(H,20,21). The van der Waals surface area contributed by atoms with Crippen molar-refractivity contribution in [3.63, 3.8) is 0 Å². The van der Waals surface area contributed by atoms with Crippen molar-refractivity contribution in [1.82, 2.24) is 5.32 Å². The Morgan fingerprint density at radius 2 is 1.92 bits per heavy atom. The topological polar surface area (TPSA) is 63.2 Å². The number of benzene rings is 1. The van der Waals surface area contributed by atoms with Crippen LogP contribution in [0, 0.1) is 18.8 Å². The molecule has 1 aliphatic heterocycles. The maximum Gasteiger partial charge on any atom is 0.227 e. The van der Waals surface area contributed by atoms with Gasteiger partial charge in [-0.05, 0) is 43.6 Å². The van der Waals surface area contributed by atoms with Crippen LogP contribution >= 0.6 is 0 Å². The average Bonchev–Trinajstić information content (AvgIpc) is 2.85. The SMILES string of the molecule is Cc1ccc(C(C(=O)NCCCC2CCS(=O)(=O)C2)C(C)C)cc1. The molecule has 1 aromatic rings. The lowest BCUT2D eigenvalue weighted by molar-refractivity contribution is -0.123. The molecule has 4 nitrogen and oxygen atoms in total. The van der Waals surface area contributed by atoms with Crippen molar-refractivity contribution >= 4 is 15.7 Å². The van der Waals surface area contributed by atoms with Crippen LogP contribution in [0.5, 0.6) is 0 Å². The molecule has 1 aliphatic rings. The van der Waals surface area contributed by atoms with Crippen molar-refractivity contribution in [2.24, 2.45) is 11.8 Å². The summed E-state index contributed by atoms with van der Waals surface area (Å²) in [6.45, 7) is 6.78. The van der Waals surface area contributed by atoms with Gasteiger partial charge in [0.15, 0.2) is 9.84 Å². The fraction of sp³-hybridized carbons (Fsp3) is 0.632. The highest BCUT2D eigenvalue weighted by Gasteiger charge is 2.27. The third-order valence-corrected chi connectivity index (χ3v) is 6.64. The first-order valence-corrected chi connectivity index (χ1v) is 10.7. The van der Waals surface area contributed by atoms with E-state index in [-0.39, 0.29) is 23.7 Å². The van der Waals surface area contributed by atoms with Crippen LogP contribution in [0.2, 0.25) is 0 Å². The molecule has 0 aliphatic carbocycles. The van der Waals surface area contributed by atoms with Crippen LogP contribution in [0.25, 0.3) is 0 Å². The minimum atomic E-state index is -2.80. The first-order valence-electron chi connectivity index (χ1n) is 8.83. The van der Waals surface area contributed by atoms with Gasteiger partial charge in [-0.3, -0.25) is 4.79 Å². The van der Waals surface area contributed by atoms with E-state index >= 15 is 0 Å². The molecule has 134 valence electrons. The van der Waals surface area contributed by atoms with Gasteiger partial charge in [0.05, 0.1) is 17.4 Å². The van der Waals surface area contributed by atoms with Crippen molar-refractivity contribution in [1.29, 1.82) is 0 Å². The van der Waals surface area contributed by atoms with Gasteiger partial charge in [-0.2, -0.15) is 0 Å². The molecule has 2 rings (SSSR count). The molecule has 1 amide bonds. The molecule has 5 heteroatoms. The van der Waals surface area contributed by atoms with E-state index in [9.17, 15) is 13.2 Å². The maximum atomic E-state index is 12.6. The van der Waals surface area contributed by atoms with Gasteiger partial charge in [-0.25, -0.2) is 8.42 Å². The zero-order valence-electron chi connectivity index (χ0n) is 14.9. The molecule has 0 bridgehead atoms. The van der Waals surface area contributed by atoms with E-state index in [1.54, 1.807) is 0 Å². The number of carbonyl (C=O) groups is 1. The number of nitrogens with one attached hydrogen (secondary N) is 1. The van der Waals surface area contributed by atoms with Gasteiger partial charge < -0.3 is 5.32 Å². The van der Waals surface area contributed by atoms with Crippen LogP contribution in [-0.4, -0.2) is 32.4 Å². The van der Waals surface area contributed by atoms with E-state index < -0.39 is 9.84 Å². The molecule has 2 unspecified atom stereocenters. The fourth-order valence-electron chi connectivity index (χ4n) is 3.42. The third kappa shape index (κ3) is 5.33. The van der Waals surface area contributed by atoms with Gasteiger partial charge in [0.1, 0.15) is 0 Å². The van der Waals surface area contributed by atoms with E-state index in [0.29, 0.717) is 18.1 Å². The number of amides is 1. The van der Waals surface area contributed by atoms with Crippen molar-refractivity contribution in [2.75, 3.05) is 18.1 Å². The number of sulfone groups is 1. The van der Waals surface area contributed by atoms with E-state index in [1.165, 1.54) is 5.56 Å².